The highest BCUT2D eigenvalue weighted by atomic mass is 32.1. The Balaban J connectivity index is 1.32. The monoisotopic (exact) mass is 596 g/mol. The van der Waals surface area contributed by atoms with Crippen molar-refractivity contribution in [3.05, 3.63) is 99.9 Å². The number of aliphatic hydroxyl groups is 1. The van der Waals surface area contributed by atoms with Gasteiger partial charge in [-0.15, -0.1) is 11.3 Å². The van der Waals surface area contributed by atoms with Crippen LogP contribution in [0.1, 0.15) is 68.7 Å². The largest absolute Gasteiger partial charge is 0.389 e. The molecule has 2 saturated heterocycles. The third-order valence-corrected chi connectivity index (χ3v) is 9.34. The molecule has 2 aromatic carbocycles. The second-order valence-electron chi connectivity index (χ2n) is 11.3. The van der Waals surface area contributed by atoms with Crippen molar-refractivity contribution >= 4 is 23.2 Å². The number of aryl methyl sites for hydroxylation is 1. The van der Waals surface area contributed by atoms with Crippen molar-refractivity contribution in [1.29, 1.82) is 0 Å². The minimum Gasteiger partial charge on any atom is -0.389 e. The van der Waals surface area contributed by atoms with Crippen LogP contribution >= 0.6 is 11.3 Å². The first-order valence-electron chi connectivity index (χ1n) is 14.9. The molecule has 222 valence electrons. The fraction of sp³-hybridized carbons (Fsp3) is 0.364. The maximum absolute atomic E-state index is 14.0. The fourth-order valence-corrected chi connectivity index (χ4v) is 7.04. The summed E-state index contributed by atoms with van der Waals surface area (Å²) in [5.74, 6) is -0.502. The molecule has 0 bridgehead atoms. The van der Waals surface area contributed by atoms with Gasteiger partial charge in [0.25, 0.3) is 11.8 Å². The lowest BCUT2D eigenvalue weighted by molar-refractivity contribution is 0.0733. The second-order valence-corrected chi connectivity index (χ2v) is 12.2. The molecule has 6 rings (SSSR count). The summed E-state index contributed by atoms with van der Waals surface area (Å²) in [6.45, 7) is 3.43. The normalized spacial score (nSPS) is 19.7. The van der Waals surface area contributed by atoms with Crippen molar-refractivity contribution in [3.63, 3.8) is 0 Å². The smallest absolute Gasteiger partial charge is 0.254 e. The van der Waals surface area contributed by atoms with E-state index < -0.39 is 12.1 Å². The molecule has 2 aliphatic rings. The van der Waals surface area contributed by atoms with Gasteiger partial charge in [0.05, 0.1) is 30.1 Å². The Kier molecular flexibility index (Phi) is 8.87. The Hall–Kier alpha value is -3.99. The molecule has 2 amide bonds. The van der Waals surface area contributed by atoms with E-state index in [0.717, 1.165) is 48.5 Å². The Morgan fingerprint density at radius 2 is 1.95 bits per heavy atom. The number of hydrogen-bond donors (Lipinski definition) is 3. The van der Waals surface area contributed by atoms with Gasteiger partial charge in [0, 0.05) is 52.7 Å². The second kappa shape index (κ2) is 13.1. The molecule has 0 spiro atoms. The molecular formula is C33H36N6O3S. The van der Waals surface area contributed by atoms with Gasteiger partial charge in [-0.05, 0) is 69.3 Å². The summed E-state index contributed by atoms with van der Waals surface area (Å²) in [4.78, 5) is 43.1. The molecule has 3 N–H and O–H groups in total. The zero-order chi connectivity index (χ0) is 29.8. The van der Waals surface area contributed by atoms with Crippen LogP contribution in [0.5, 0.6) is 0 Å². The zero-order valence-corrected chi connectivity index (χ0v) is 25.0. The highest BCUT2D eigenvalue weighted by Gasteiger charge is 2.34. The number of nitrogens with one attached hydrogen (secondary N) is 2. The average molecular weight is 597 g/mol. The molecule has 0 unspecified atom stereocenters. The van der Waals surface area contributed by atoms with Gasteiger partial charge in [-0.25, -0.2) is 4.98 Å². The fourth-order valence-electron chi connectivity index (χ4n) is 6.10. The van der Waals surface area contributed by atoms with Crippen molar-refractivity contribution in [1.82, 2.24) is 30.5 Å². The lowest BCUT2D eigenvalue weighted by Crippen LogP contribution is -2.52. The van der Waals surface area contributed by atoms with Crippen molar-refractivity contribution < 1.29 is 14.7 Å². The van der Waals surface area contributed by atoms with Crippen LogP contribution in [0.25, 0.3) is 11.3 Å². The predicted molar refractivity (Wildman–Crippen MR) is 166 cm³/mol. The summed E-state index contributed by atoms with van der Waals surface area (Å²) in [6, 6.07) is 14.3. The number of carbonyl (C=O) groups excluding carboxylic acids is 2. The van der Waals surface area contributed by atoms with Crippen LogP contribution in [0, 0.1) is 6.92 Å². The van der Waals surface area contributed by atoms with E-state index in [1.54, 1.807) is 48.1 Å². The Labute approximate surface area is 255 Å². The zero-order valence-electron chi connectivity index (χ0n) is 24.1. The number of rotatable bonds is 9. The van der Waals surface area contributed by atoms with Gasteiger partial charge >= 0.3 is 0 Å². The van der Waals surface area contributed by atoms with Crippen LogP contribution in [0.4, 0.5) is 0 Å². The number of benzene rings is 2. The van der Waals surface area contributed by atoms with E-state index in [1.807, 2.05) is 47.5 Å². The van der Waals surface area contributed by atoms with E-state index in [-0.39, 0.29) is 23.9 Å². The van der Waals surface area contributed by atoms with Gasteiger partial charge in [0.2, 0.25) is 0 Å². The van der Waals surface area contributed by atoms with Gasteiger partial charge in [0.15, 0.2) is 0 Å². The van der Waals surface area contributed by atoms with Crippen LogP contribution in [0.2, 0.25) is 0 Å². The molecular weight excluding hydrogens is 560 g/mol. The van der Waals surface area contributed by atoms with Crippen LogP contribution < -0.4 is 10.6 Å². The number of likely N-dealkylation sites (tertiary alicyclic amines) is 1. The molecule has 4 aromatic rings. The molecule has 4 atom stereocenters. The maximum Gasteiger partial charge on any atom is 0.254 e. The van der Waals surface area contributed by atoms with Crippen molar-refractivity contribution in [2.75, 3.05) is 13.1 Å². The number of nitrogens with zero attached hydrogens (tertiary/aromatic N) is 4. The number of carbonyl (C=O) groups is 2. The van der Waals surface area contributed by atoms with Gasteiger partial charge < -0.3 is 20.6 Å². The van der Waals surface area contributed by atoms with Crippen LogP contribution in [0.3, 0.4) is 0 Å². The van der Waals surface area contributed by atoms with E-state index in [9.17, 15) is 14.7 Å². The van der Waals surface area contributed by atoms with Crippen LogP contribution in [0.15, 0.2) is 72.5 Å². The Morgan fingerprint density at radius 1 is 1.12 bits per heavy atom. The number of aromatic nitrogens is 3. The van der Waals surface area contributed by atoms with Crippen LogP contribution in [-0.4, -0.2) is 68.0 Å². The molecule has 9 nitrogen and oxygen atoms in total. The third-order valence-electron chi connectivity index (χ3n) is 8.27. The van der Waals surface area contributed by atoms with Crippen molar-refractivity contribution in [3.8, 4) is 11.3 Å². The first kappa shape index (κ1) is 29.1. The lowest BCUT2D eigenvalue weighted by Gasteiger charge is -2.29. The molecule has 2 aromatic heterocycles. The first-order valence-corrected chi connectivity index (χ1v) is 15.7. The predicted octanol–water partition coefficient (Wildman–Crippen LogP) is 4.34. The van der Waals surface area contributed by atoms with Gasteiger partial charge in [-0.3, -0.25) is 19.6 Å². The van der Waals surface area contributed by atoms with Gasteiger partial charge in [-0.1, -0.05) is 30.3 Å². The maximum atomic E-state index is 14.0. The lowest BCUT2D eigenvalue weighted by atomic mass is 9.94. The summed E-state index contributed by atoms with van der Waals surface area (Å²) < 4.78 is 0. The summed E-state index contributed by atoms with van der Waals surface area (Å²) in [5.41, 5.74) is 3.90. The molecule has 0 aliphatic carbocycles. The van der Waals surface area contributed by atoms with E-state index in [4.69, 9.17) is 0 Å². The average Bonchev–Trinajstić information content (AvgIpc) is 3.83. The number of aliphatic hydroxyl groups excluding tert-OH is 1. The topological polar surface area (TPSA) is 120 Å². The van der Waals surface area contributed by atoms with Crippen molar-refractivity contribution in [2.24, 2.45) is 0 Å². The summed E-state index contributed by atoms with van der Waals surface area (Å²) in [7, 11) is 0. The molecule has 2 fully saturated rings. The Morgan fingerprint density at radius 3 is 2.67 bits per heavy atom. The van der Waals surface area contributed by atoms with E-state index >= 15 is 0 Å². The first-order chi connectivity index (χ1) is 21.0. The summed E-state index contributed by atoms with van der Waals surface area (Å²) in [5, 5.41) is 20.8. The molecule has 4 heterocycles. The summed E-state index contributed by atoms with van der Waals surface area (Å²) >= 11 is 1.58. The van der Waals surface area contributed by atoms with Crippen LogP contribution in [-0.2, 0) is 6.42 Å². The molecule has 2 aliphatic heterocycles. The number of thiazole rings is 1. The van der Waals surface area contributed by atoms with E-state index in [1.165, 1.54) is 0 Å². The number of amides is 2. The molecule has 0 radical (unpaired) electrons. The highest BCUT2D eigenvalue weighted by Crippen LogP contribution is 2.35. The van der Waals surface area contributed by atoms with E-state index in [0.29, 0.717) is 35.3 Å². The van der Waals surface area contributed by atoms with Gasteiger partial charge in [0.1, 0.15) is 5.01 Å². The Bertz CT molecular complexity index is 1560. The van der Waals surface area contributed by atoms with E-state index in [2.05, 4.69) is 25.6 Å². The molecule has 43 heavy (non-hydrogen) atoms. The SMILES string of the molecule is Cc1csc([C@H]2CCCN2C(=O)c2cc(C(=O)N[C@@H](Cc3ccccc3)[C@@H](O)[C@H]3CCCN3)cc(-c3cnccn3)c2)n1. The molecule has 0 saturated carbocycles. The standard InChI is InChI=1S/C33H36N6O3S/c1-21-20-43-32(37-21)29-10-6-14-39(29)33(42)25-17-23(28-19-34-12-13-36-28)16-24(18-25)31(41)38-27(15-22-7-3-2-4-8-22)30(40)26-9-5-11-35-26/h2-4,7-8,12-13,16-20,26-27,29-30,35,40H,5-6,9-11,14-15H2,1H3,(H,38,41)/t26-,27+,29-,30+/m1/s1. The van der Waals surface area contributed by atoms with Crippen molar-refractivity contribution in [2.45, 2.75) is 63.3 Å². The minimum absolute atomic E-state index is 0.0899. The number of hydrogen-bond acceptors (Lipinski definition) is 8. The quantitative estimate of drug-likeness (QED) is 0.263. The van der Waals surface area contributed by atoms with Gasteiger partial charge in [-0.2, -0.15) is 0 Å². The molecule has 10 heteroatoms. The summed E-state index contributed by atoms with van der Waals surface area (Å²) in [6.07, 6.45) is 8.07. The highest BCUT2D eigenvalue weighted by molar-refractivity contribution is 7.09. The minimum atomic E-state index is -0.775. The third kappa shape index (κ3) is 6.66.